The Hall–Kier alpha value is -2.37. The highest BCUT2D eigenvalue weighted by Crippen LogP contribution is 2.18. The van der Waals surface area contributed by atoms with Gasteiger partial charge in [-0.3, -0.25) is 5.32 Å². The summed E-state index contributed by atoms with van der Waals surface area (Å²) in [5.74, 6) is 0.494. The Bertz CT molecular complexity index is 690. The summed E-state index contributed by atoms with van der Waals surface area (Å²) in [4.78, 5) is 11.9. The zero-order chi connectivity index (χ0) is 16.2. The second-order valence-corrected chi connectivity index (χ2v) is 6.19. The number of urea groups is 1. The van der Waals surface area contributed by atoms with Crippen LogP contribution in [0.5, 0.6) is 0 Å². The van der Waals surface area contributed by atoms with Gasteiger partial charge in [0.2, 0.25) is 5.89 Å². The van der Waals surface area contributed by atoms with Crippen LogP contribution in [0.4, 0.5) is 10.8 Å². The van der Waals surface area contributed by atoms with Gasteiger partial charge in [-0.1, -0.05) is 41.7 Å². The molecule has 0 atom stereocenters. The van der Waals surface area contributed by atoms with E-state index in [0.717, 1.165) is 18.4 Å². The molecule has 0 unspecified atom stereocenters. The van der Waals surface area contributed by atoms with Crippen molar-refractivity contribution < 1.29 is 9.21 Å². The number of hydrogen-bond acceptors (Lipinski definition) is 4. The van der Waals surface area contributed by atoms with Crippen molar-refractivity contribution in [3.05, 3.63) is 40.8 Å². The predicted octanol–water partition coefficient (Wildman–Crippen LogP) is 3.34. The number of anilines is 1. The number of benzene rings is 1. The molecule has 0 spiro atoms. The molecule has 0 radical (unpaired) electrons. The number of aryl methyl sites for hydroxylation is 2. The van der Waals surface area contributed by atoms with Crippen LogP contribution in [-0.4, -0.2) is 22.3 Å². The maximum atomic E-state index is 11.9. The Kier molecular flexibility index (Phi) is 4.60. The van der Waals surface area contributed by atoms with Gasteiger partial charge in [0.05, 0.1) is 6.42 Å². The van der Waals surface area contributed by atoms with Gasteiger partial charge in [0.1, 0.15) is 0 Å². The highest BCUT2D eigenvalue weighted by Gasteiger charge is 2.18. The summed E-state index contributed by atoms with van der Waals surface area (Å²) in [6, 6.07) is 6.37. The van der Waals surface area contributed by atoms with Crippen LogP contribution in [0.1, 0.15) is 48.3 Å². The highest BCUT2D eigenvalue weighted by atomic mass is 16.4. The third kappa shape index (κ3) is 4.09. The van der Waals surface area contributed by atoms with Gasteiger partial charge in [-0.15, -0.1) is 5.10 Å². The van der Waals surface area contributed by atoms with Crippen LogP contribution in [0.25, 0.3) is 0 Å². The molecule has 122 valence electrons. The SMILES string of the molecule is Cc1ccc(Cc2nnc(NC(=O)NC3CCCC3)o2)c(C)c1. The van der Waals surface area contributed by atoms with Gasteiger partial charge in [-0.2, -0.15) is 0 Å². The van der Waals surface area contributed by atoms with E-state index in [4.69, 9.17) is 4.42 Å². The van der Waals surface area contributed by atoms with Gasteiger partial charge in [-0.25, -0.2) is 4.79 Å². The molecule has 2 N–H and O–H groups in total. The number of nitrogens with one attached hydrogen (secondary N) is 2. The van der Waals surface area contributed by atoms with Gasteiger partial charge >= 0.3 is 12.0 Å². The molecular weight excluding hydrogens is 292 g/mol. The topological polar surface area (TPSA) is 80.0 Å². The van der Waals surface area contributed by atoms with Gasteiger partial charge < -0.3 is 9.73 Å². The molecule has 1 aromatic heterocycles. The summed E-state index contributed by atoms with van der Waals surface area (Å²) in [6.07, 6.45) is 4.98. The summed E-state index contributed by atoms with van der Waals surface area (Å²) in [7, 11) is 0. The number of rotatable bonds is 4. The highest BCUT2D eigenvalue weighted by molar-refractivity contribution is 5.87. The van der Waals surface area contributed by atoms with Crippen molar-refractivity contribution in [2.24, 2.45) is 0 Å². The molecule has 1 aromatic carbocycles. The van der Waals surface area contributed by atoms with Crippen LogP contribution >= 0.6 is 0 Å². The molecular formula is C17H22N4O2. The van der Waals surface area contributed by atoms with Crippen molar-refractivity contribution in [3.8, 4) is 0 Å². The second kappa shape index (κ2) is 6.81. The largest absolute Gasteiger partial charge is 0.407 e. The second-order valence-electron chi connectivity index (χ2n) is 6.19. The molecule has 1 aliphatic carbocycles. The van der Waals surface area contributed by atoms with Crippen LogP contribution in [-0.2, 0) is 6.42 Å². The van der Waals surface area contributed by atoms with Gasteiger partial charge in [0, 0.05) is 6.04 Å². The van der Waals surface area contributed by atoms with E-state index in [1.165, 1.54) is 24.0 Å². The van der Waals surface area contributed by atoms with E-state index in [9.17, 15) is 4.79 Å². The minimum absolute atomic E-state index is 0.139. The quantitative estimate of drug-likeness (QED) is 0.907. The number of hydrogen-bond donors (Lipinski definition) is 2. The van der Waals surface area contributed by atoms with E-state index in [1.807, 2.05) is 0 Å². The molecule has 1 saturated carbocycles. The Morgan fingerprint density at radius 1 is 1.26 bits per heavy atom. The first-order valence-corrected chi connectivity index (χ1v) is 8.06. The molecule has 0 aliphatic heterocycles. The molecule has 0 saturated heterocycles. The summed E-state index contributed by atoms with van der Waals surface area (Å²) in [6.45, 7) is 4.13. The smallest absolute Gasteiger partial charge is 0.323 e. The van der Waals surface area contributed by atoms with E-state index in [0.29, 0.717) is 12.3 Å². The summed E-state index contributed by atoms with van der Waals surface area (Å²) in [5, 5.41) is 13.4. The summed E-state index contributed by atoms with van der Waals surface area (Å²) in [5.41, 5.74) is 3.56. The monoisotopic (exact) mass is 314 g/mol. The maximum absolute atomic E-state index is 11.9. The minimum atomic E-state index is -0.279. The Labute approximate surface area is 135 Å². The molecule has 3 rings (SSSR count). The van der Waals surface area contributed by atoms with Gasteiger partial charge in [0.15, 0.2) is 0 Å². The zero-order valence-corrected chi connectivity index (χ0v) is 13.6. The first kappa shape index (κ1) is 15.5. The first-order valence-electron chi connectivity index (χ1n) is 8.06. The van der Waals surface area contributed by atoms with Crippen molar-refractivity contribution in [1.82, 2.24) is 15.5 Å². The van der Waals surface area contributed by atoms with E-state index in [2.05, 4.69) is 52.9 Å². The van der Waals surface area contributed by atoms with Gasteiger partial charge in [0.25, 0.3) is 0 Å². The molecule has 1 aliphatic rings. The van der Waals surface area contributed by atoms with Crippen molar-refractivity contribution in [1.29, 1.82) is 0 Å². The molecule has 6 heteroatoms. The number of aromatic nitrogens is 2. The number of carbonyl (C=O) groups excluding carboxylic acids is 1. The number of nitrogens with zero attached hydrogens (tertiary/aromatic N) is 2. The summed E-state index contributed by atoms with van der Waals surface area (Å²) < 4.78 is 5.51. The van der Waals surface area contributed by atoms with Crippen LogP contribution in [0.15, 0.2) is 22.6 Å². The fourth-order valence-electron chi connectivity index (χ4n) is 2.97. The Balaban J connectivity index is 1.58. The third-order valence-corrected chi connectivity index (χ3v) is 4.22. The zero-order valence-electron chi connectivity index (χ0n) is 13.6. The first-order chi connectivity index (χ1) is 11.1. The molecule has 6 nitrogen and oxygen atoms in total. The molecule has 1 heterocycles. The maximum Gasteiger partial charge on any atom is 0.323 e. The van der Waals surface area contributed by atoms with E-state index >= 15 is 0 Å². The third-order valence-electron chi connectivity index (χ3n) is 4.22. The van der Waals surface area contributed by atoms with Crippen molar-refractivity contribution >= 4 is 12.0 Å². The van der Waals surface area contributed by atoms with Crippen LogP contribution in [0.2, 0.25) is 0 Å². The molecule has 23 heavy (non-hydrogen) atoms. The van der Waals surface area contributed by atoms with Crippen LogP contribution in [0.3, 0.4) is 0 Å². The number of carbonyl (C=O) groups is 1. The standard InChI is InChI=1S/C17H22N4O2/c1-11-7-8-13(12(2)9-11)10-15-20-21-17(23-15)19-16(22)18-14-5-3-4-6-14/h7-9,14H,3-6,10H2,1-2H3,(H2,18,19,21,22). The predicted molar refractivity (Wildman–Crippen MR) is 87.4 cm³/mol. The fraction of sp³-hybridized carbons (Fsp3) is 0.471. The van der Waals surface area contributed by atoms with E-state index in [-0.39, 0.29) is 18.1 Å². The minimum Gasteiger partial charge on any atom is -0.407 e. The molecule has 0 bridgehead atoms. The summed E-state index contributed by atoms with van der Waals surface area (Å²) >= 11 is 0. The van der Waals surface area contributed by atoms with Crippen molar-refractivity contribution in [3.63, 3.8) is 0 Å². The Morgan fingerprint density at radius 3 is 2.78 bits per heavy atom. The fourth-order valence-corrected chi connectivity index (χ4v) is 2.97. The lowest BCUT2D eigenvalue weighted by Crippen LogP contribution is -2.36. The lowest BCUT2D eigenvalue weighted by molar-refractivity contribution is 0.248. The lowest BCUT2D eigenvalue weighted by atomic mass is 10.0. The Morgan fingerprint density at radius 2 is 2.04 bits per heavy atom. The average molecular weight is 314 g/mol. The average Bonchev–Trinajstić information content (AvgIpc) is 3.14. The van der Waals surface area contributed by atoms with Crippen molar-refractivity contribution in [2.75, 3.05) is 5.32 Å². The number of amides is 2. The lowest BCUT2D eigenvalue weighted by Gasteiger charge is -2.10. The van der Waals surface area contributed by atoms with Crippen LogP contribution < -0.4 is 10.6 Å². The van der Waals surface area contributed by atoms with Crippen molar-refractivity contribution in [2.45, 2.75) is 52.0 Å². The van der Waals surface area contributed by atoms with Crippen LogP contribution in [0, 0.1) is 13.8 Å². The normalized spacial score (nSPS) is 14.9. The molecule has 2 amide bonds. The van der Waals surface area contributed by atoms with E-state index < -0.39 is 0 Å². The van der Waals surface area contributed by atoms with Gasteiger partial charge in [-0.05, 0) is 37.8 Å². The van der Waals surface area contributed by atoms with E-state index in [1.54, 1.807) is 0 Å². The molecule has 1 fully saturated rings. The molecule has 2 aromatic rings.